The summed E-state index contributed by atoms with van der Waals surface area (Å²) < 4.78 is 18.9. The third-order valence-electron chi connectivity index (χ3n) is 10.5. The molecular weight excluding hydrogens is 732 g/mol. The summed E-state index contributed by atoms with van der Waals surface area (Å²) >= 11 is 0. The van der Waals surface area contributed by atoms with Crippen molar-refractivity contribution < 1.29 is 38.9 Å². The third-order valence-corrected chi connectivity index (χ3v) is 10.5. The minimum absolute atomic E-state index is 0.0379. The van der Waals surface area contributed by atoms with Crippen molar-refractivity contribution in [3.05, 3.63) is 92.6 Å². The first-order valence-electron chi connectivity index (χ1n) is 19.0. The lowest BCUT2D eigenvalue weighted by Gasteiger charge is -2.35. The van der Waals surface area contributed by atoms with Crippen LogP contribution in [0.15, 0.2) is 69.8 Å². The molecule has 7 rings (SSSR count). The van der Waals surface area contributed by atoms with Gasteiger partial charge in [-0.15, -0.1) is 5.73 Å². The van der Waals surface area contributed by atoms with Gasteiger partial charge in [0.2, 0.25) is 0 Å². The number of amides is 2. The Labute approximate surface area is 329 Å². The van der Waals surface area contributed by atoms with Crippen LogP contribution in [0.25, 0.3) is 28.4 Å². The molecule has 1 fully saturated rings. The maximum Gasteiger partial charge on any atom is 0.415 e. The number of fused-ring (bicyclic) bond motifs is 5. The summed E-state index contributed by atoms with van der Waals surface area (Å²) in [5.74, 6) is -0.449. The summed E-state index contributed by atoms with van der Waals surface area (Å²) in [6.45, 7) is 11.4. The largest absolute Gasteiger partial charge is 0.458 e. The fourth-order valence-corrected chi connectivity index (χ4v) is 7.62. The number of ether oxygens (including phenoxy) is 3. The predicted octanol–water partition coefficient (Wildman–Crippen LogP) is 4.71. The number of hydrogen-bond acceptors (Lipinski definition) is 12. The number of aliphatic hydroxyl groups is 1. The number of hydrogen-bond donors (Lipinski definition) is 3. The summed E-state index contributed by atoms with van der Waals surface area (Å²) in [5, 5.41) is 21.1. The van der Waals surface area contributed by atoms with Gasteiger partial charge in [-0.2, -0.15) is 0 Å². The Hall–Kier alpha value is -5.86. The van der Waals surface area contributed by atoms with Crippen molar-refractivity contribution in [2.45, 2.75) is 84.3 Å². The number of aromatic nitrogens is 2. The minimum atomic E-state index is -1.95. The van der Waals surface area contributed by atoms with Crippen molar-refractivity contribution in [2.75, 3.05) is 26.2 Å². The zero-order valence-corrected chi connectivity index (χ0v) is 32.6. The smallest absolute Gasteiger partial charge is 0.415 e. The van der Waals surface area contributed by atoms with Gasteiger partial charge in [0, 0.05) is 55.3 Å². The molecule has 15 heteroatoms. The fourth-order valence-electron chi connectivity index (χ4n) is 7.62. The van der Waals surface area contributed by atoms with Crippen LogP contribution in [0, 0.1) is 0 Å². The zero-order valence-electron chi connectivity index (χ0n) is 32.6. The van der Waals surface area contributed by atoms with E-state index in [0.29, 0.717) is 72.9 Å². The van der Waals surface area contributed by atoms with E-state index < -0.39 is 23.6 Å². The monoisotopic (exact) mass is 778 g/mol. The molecule has 1 unspecified atom stereocenters. The molecule has 2 aromatic heterocycles. The Balaban J connectivity index is 1.17. The Morgan fingerprint density at radius 3 is 2.63 bits per heavy atom. The highest BCUT2D eigenvalue weighted by molar-refractivity contribution is 5.96. The summed E-state index contributed by atoms with van der Waals surface area (Å²) in [7, 11) is 0. The SMILES string of the molecule is CC[C@@]1(O)C(=O)OCc2c1cc1n(c2=O)Cc2c-1nc1ccc(OC(=O)N3CCN(C4=N/C=C(/C(=O)NO)C=C=CC4)CC3)cc1c2/C=C/CC(C)OC(C)(C)C. The van der Waals surface area contributed by atoms with Crippen LogP contribution >= 0.6 is 0 Å². The number of pyridine rings is 2. The van der Waals surface area contributed by atoms with E-state index in [1.165, 1.54) is 12.3 Å². The molecular formula is C42H46N6O9. The first-order chi connectivity index (χ1) is 27.2. The zero-order chi connectivity index (χ0) is 40.6. The van der Waals surface area contributed by atoms with Crippen molar-refractivity contribution in [2.24, 2.45) is 4.99 Å². The predicted molar refractivity (Wildman–Crippen MR) is 210 cm³/mol. The maximum atomic E-state index is 13.9. The second kappa shape index (κ2) is 15.6. The number of carbonyl (C=O) groups is 3. The van der Waals surface area contributed by atoms with E-state index in [0.717, 1.165) is 11.1 Å². The summed E-state index contributed by atoms with van der Waals surface area (Å²) in [5.41, 5.74) is 5.75. The molecule has 2 amide bonds. The van der Waals surface area contributed by atoms with Gasteiger partial charge in [0.25, 0.3) is 11.5 Å². The van der Waals surface area contributed by atoms with Gasteiger partial charge >= 0.3 is 12.1 Å². The average molecular weight is 779 g/mol. The maximum absolute atomic E-state index is 13.9. The second-order valence-electron chi connectivity index (χ2n) is 15.4. The molecule has 0 spiro atoms. The van der Waals surface area contributed by atoms with Crippen molar-refractivity contribution >= 4 is 40.8 Å². The van der Waals surface area contributed by atoms with Crippen LogP contribution in [0.1, 0.15) is 76.1 Å². The molecule has 0 radical (unpaired) electrons. The molecule has 3 N–H and O–H groups in total. The average Bonchev–Trinajstić information content (AvgIpc) is 3.54. The minimum Gasteiger partial charge on any atom is -0.458 e. The van der Waals surface area contributed by atoms with Gasteiger partial charge in [-0.05, 0) is 82.5 Å². The number of cyclic esters (lactones) is 1. The van der Waals surface area contributed by atoms with Crippen LogP contribution in [-0.4, -0.2) is 91.4 Å². The first kappa shape index (κ1) is 39.4. The van der Waals surface area contributed by atoms with Crippen LogP contribution in [0.2, 0.25) is 0 Å². The number of piperazine rings is 1. The van der Waals surface area contributed by atoms with E-state index in [1.54, 1.807) is 52.2 Å². The standard InChI is InChI=1S/C42H46N6O9/c1-6-42(53)32-21-34-36-30(23-48(34)38(50)31(32)24-55-39(42)51)28(12-9-10-25(2)57-41(3,4)5)29-20-27(14-15-33(29)44-36)56-40(52)47-18-16-46(17-19-47)35-13-8-7-11-26(22-43-35)37(49)45-54/h8-9,11-12,14-15,20-22,25,53-54H,6,10,13,16-19,23-24H2,1-5H3,(H,45,49)/b12-9+,26-22+,43-35?/t7?,25?,42-/m0/s1. The molecule has 2 atom stereocenters. The van der Waals surface area contributed by atoms with Gasteiger partial charge in [-0.25, -0.2) is 25.0 Å². The van der Waals surface area contributed by atoms with Crippen LogP contribution in [0.3, 0.4) is 0 Å². The molecule has 0 bridgehead atoms. The molecule has 1 saturated heterocycles. The second-order valence-corrected chi connectivity index (χ2v) is 15.4. The number of nitrogens with one attached hydrogen (secondary N) is 1. The number of nitrogens with zero attached hydrogens (tertiary/aromatic N) is 5. The Bertz CT molecular complexity index is 2370. The molecule has 0 saturated carbocycles. The van der Waals surface area contributed by atoms with Gasteiger partial charge in [0.05, 0.1) is 46.3 Å². The van der Waals surface area contributed by atoms with E-state index in [4.69, 9.17) is 24.4 Å². The van der Waals surface area contributed by atoms with Crippen LogP contribution < -0.4 is 15.8 Å². The van der Waals surface area contributed by atoms with E-state index in [2.05, 4.69) is 10.7 Å². The summed E-state index contributed by atoms with van der Waals surface area (Å²) in [4.78, 5) is 65.1. The number of amidine groups is 1. The van der Waals surface area contributed by atoms with Gasteiger partial charge in [-0.1, -0.05) is 19.1 Å². The van der Waals surface area contributed by atoms with Gasteiger partial charge < -0.3 is 33.7 Å². The number of hydroxylamine groups is 1. The first-order valence-corrected chi connectivity index (χ1v) is 19.0. The number of rotatable bonds is 7. The molecule has 1 aromatic carbocycles. The summed E-state index contributed by atoms with van der Waals surface area (Å²) in [6.07, 6.45) is 9.11. The van der Waals surface area contributed by atoms with E-state index in [-0.39, 0.29) is 53.5 Å². The molecule has 3 aromatic rings. The summed E-state index contributed by atoms with van der Waals surface area (Å²) in [6, 6.07) is 6.92. The molecule has 298 valence electrons. The third kappa shape index (κ3) is 7.79. The molecule has 57 heavy (non-hydrogen) atoms. The molecule has 15 nitrogen and oxygen atoms in total. The highest BCUT2D eigenvalue weighted by Crippen LogP contribution is 2.41. The Morgan fingerprint density at radius 1 is 1.14 bits per heavy atom. The van der Waals surface area contributed by atoms with Gasteiger partial charge in [0.1, 0.15) is 18.2 Å². The Kier molecular flexibility index (Phi) is 10.8. The molecule has 4 aliphatic heterocycles. The molecule has 4 aliphatic rings. The van der Waals surface area contributed by atoms with Gasteiger partial charge in [0.15, 0.2) is 5.60 Å². The highest BCUT2D eigenvalue weighted by Gasteiger charge is 2.45. The number of aliphatic imine (C=N–C) groups is 1. The van der Waals surface area contributed by atoms with E-state index in [9.17, 15) is 24.3 Å². The number of esters is 1. The quantitative estimate of drug-likeness (QED) is 0.102. The van der Waals surface area contributed by atoms with Gasteiger partial charge in [-0.3, -0.25) is 14.8 Å². The molecule has 6 heterocycles. The fraction of sp³-hybridized carbons (Fsp3) is 0.405. The van der Waals surface area contributed by atoms with Crippen molar-refractivity contribution in [1.29, 1.82) is 0 Å². The van der Waals surface area contributed by atoms with Crippen LogP contribution in [0.5, 0.6) is 5.75 Å². The van der Waals surface area contributed by atoms with Crippen molar-refractivity contribution in [3.63, 3.8) is 0 Å². The van der Waals surface area contributed by atoms with E-state index in [1.807, 2.05) is 44.7 Å². The topological polar surface area (TPSA) is 185 Å². The van der Waals surface area contributed by atoms with Crippen molar-refractivity contribution in [1.82, 2.24) is 24.8 Å². The number of carbonyl (C=O) groups excluding carboxylic acids is 3. The van der Waals surface area contributed by atoms with Crippen LogP contribution in [0.4, 0.5) is 4.79 Å². The van der Waals surface area contributed by atoms with E-state index >= 15 is 0 Å². The highest BCUT2D eigenvalue weighted by atomic mass is 16.6. The molecule has 0 aliphatic carbocycles. The lowest BCUT2D eigenvalue weighted by molar-refractivity contribution is -0.172. The normalized spacial score (nSPS) is 20.5. The lowest BCUT2D eigenvalue weighted by Crippen LogP contribution is -2.51. The van der Waals surface area contributed by atoms with Crippen molar-refractivity contribution in [3.8, 4) is 17.1 Å². The van der Waals surface area contributed by atoms with Crippen LogP contribution in [-0.2, 0) is 37.8 Å². The Morgan fingerprint density at radius 2 is 1.91 bits per heavy atom. The number of benzene rings is 1. The lowest BCUT2D eigenvalue weighted by atomic mass is 9.86.